The molecule has 1 aliphatic rings. The van der Waals surface area contributed by atoms with Gasteiger partial charge in [0.1, 0.15) is 0 Å². The zero-order valence-electron chi connectivity index (χ0n) is 14.3. The molecule has 0 atom stereocenters. The molecule has 0 saturated carbocycles. The maximum Gasteiger partial charge on any atom is 0.357 e. The van der Waals surface area contributed by atoms with Gasteiger partial charge in [-0.15, -0.1) is 0 Å². The summed E-state index contributed by atoms with van der Waals surface area (Å²) in [6.45, 7) is 1.97. The second-order valence-electron chi connectivity index (χ2n) is 5.62. The Hall–Kier alpha value is -2.09. The van der Waals surface area contributed by atoms with E-state index in [1.165, 1.54) is 4.57 Å². The molecule has 0 fully saturated rings. The second-order valence-corrected chi connectivity index (χ2v) is 7.90. The predicted molar refractivity (Wildman–Crippen MR) is 102 cm³/mol. The molecule has 0 unspecified atom stereocenters. The summed E-state index contributed by atoms with van der Waals surface area (Å²) in [6, 6.07) is 5.23. The maximum atomic E-state index is 12.4. The highest BCUT2D eigenvalue weighted by molar-refractivity contribution is 6.76. The first kappa shape index (κ1) is 19.7. The van der Waals surface area contributed by atoms with Crippen LogP contribution in [-0.2, 0) is 16.6 Å². The minimum absolute atomic E-state index is 0.118. The summed E-state index contributed by atoms with van der Waals surface area (Å²) in [5, 5.41) is 2.52. The highest BCUT2D eigenvalue weighted by Crippen LogP contribution is 2.40. The Kier molecular flexibility index (Phi) is 5.46. The van der Waals surface area contributed by atoms with E-state index in [1.54, 1.807) is 38.4 Å². The van der Waals surface area contributed by atoms with E-state index in [4.69, 9.17) is 49.0 Å². The fourth-order valence-electron chi connectivity index (χ4n) is 2.67. The number of benzene rings is 1. The number of rotatable bonds is 4. The van der Waals surface area contributed by atoms with Crippen molar-refractivity contribution < 1.29 is 23.8 Å². The van der Waals surface area contributed by atoms with Crippen molar-refractivity contribution in [3.63, 3.8) is 0 Å². The number of alkyl halides is 3. The highest BCUT2D eigenvalue weighted by atomic mass is 35.6. The normalized spacial score (nSPS) is 12.8. The number of carbonyl (C=O) groups excluding carboxylic acids is 2. The molecular formula is C17H15Cl3N2O5. The number of ether oxygens (including phenoxy) is 3. The van der Waals surface area contributed by atoms with E-state index in [1.807, 2.05) is 0 Å². The van der Waals surface area contributed by atoms with Crippen LogP contribution in [0.4, 0.5) is 5.69 Å². The van der Waals surface area contributed by atoms with E-state index in [2.05, 4.69) is 5.32 Å². The molecule has 1 aromatic heterocycles. The van der Waals surface area contributed by atoms with Gasteiger partial charge in [-0.05, 0) is 24.6 Å². The van der Waals surface area contributed by atoms with E-state index in [-0.39, 0.29) is 24.8 Å². The fourth-order valence-corrected chi connectivity index (χ4v) is 2.81. The summed E-state index contributed by atoms with van der Waals surface area (Å²) in [5.74, 6) is -0.363. The monoisotopic (exact) mass is 432 g/mol. The molecule has 1 N–H and O–H groups in total. The second kappa shape index (κ2) is 7.50. The first-order valence-electron chi connectivity index (χ1n) is 7.87. The molecule has 1 aliphatic heterocycles. The highest BCUT2D eigenvalue weighted by Gasteiger charge is 2.34. The van der Waals surface area contributed by atoms with Gasteiger partial charge < -0.3 is 24.1 Å². The molecule has 0 spiro atoms. The fraction of sp³-hybridized carbons (Fsp3) is 0.294. The van der Waals surface area contributed by atoms with Crippen molar-refractivity contribution in [3.8, 4) is 22.6 Å². The Balaban J connectivity index is 2.11. The number of aryl methyl sites for hydroxylation is 1. The molecular weight excluding hydrogens is 419 g/mol. The van der Waals surface area contributed by atoms with Crippen molar-refractivity contribution in [2.75, 3.05) is 18.7 Å². The largest absolute Gasteiger partial charge is 0.461 e. The van der Waals surface area contributed by atoms with Crippen LogP contribution < -0.4 is 14.8 Å². The lowest BCUT2D eigenvalue weighted by molar-refractivity contribution is -0.115. The molecule has 27 heavy (non-hydrogen) atoms. The molecule has 3 rings (SSSR count). The zero-order valence-corrected chi connectivity index (χ0v) is 16.6. The van der Waals surface area contributed by atoms with E-state index in [0.717, 1.165) is 0 Å². The lowest BCUT2D eigenvalue weighted by atomic mass is 10.1. The van der Waals surface area contributed by atoms with Gasteiger partial charge in [0.05, 0.1) is 12.3 Å². The van der Waals surface area contributed by atoms with Crippen LogP contribution in [0.25, 0.3) is 11.1 Å². The van der Waals surface area contributed by atoms with Crippen molar-refractivity contribution in [2.24, 2.45) is 7.05 Å². The third-order valence-electron chi connectivity index (χ3n) is 3.83. The third-order valence-corrected chi connectivity index (χ3v) is 4.34. The van der Waals surface area contributed by atoms with Crippen LogP contribution in [0.2, 0.25) is 0 Å². The average molecular weight is 434 g/mol. The van der Waals surface area contributed by atoms with Crippen molar-refractivity contribution in [3.05, 3.63) is 30.1 Å². The van der Waals surface area contributed by atoms with E-state index in [0.29, 0.717) is 22.6 Å². The van der Waals surface area contributed by atoms with E-state index >= 15 is 0 Å². The van der Waals surface area contributed by atoms with Crippen LogP contribution in [0.15, 0.2) is 24.4 Å². The smallest absolute Gasteiger partial charge is 0.357 e. The SMILES string of the molecule is CCOC(=O)c1c(NC(=O)C(Cl)(Cl)Cl)c(-c2ccc3c(c2)OCO3)cn1C. The number of hydrogen-bond donors (Lipinski definition) is 1. The van der Waals surface area contributed by atoms with Gasteiger partial charge in [-0.1, -0.05) is 40.9 Å². The quantitative estimate of drug-likeness (QED) is 0.584. The van der Waals surface area contributed by atoms with Gasteiger partial charge in [0.15, 0.2) is 17.2 Å². The van der Waals surface area contributed by atoms with E-state index < -0.39 is 15.7 Å². The summed E-state index contributed by atoms with van der Waals surface area (Å²) in [4.78, 5) is 24.6. The van der Waals surface area contributed by atoms with Crippen molar-refractivity contribution >= 4 is 52.4 Å². The Morgan fingerprint density at radius 1 is 1.26 bits per heavy atom. The number of esters is 1. The van der Waals surface area contributed by atoms with Gasteiger partial charge in [0, 0.05) is 18.8 Å². The Morgan fingerprint density at radius 3 is 2.63 bits per heavy atom. The standard InChI is InChI=1S/C17H15Cl3N2O5/c1-3-25-15(23)14-13(21-16(24)17(18,19)20)10(7-22(14)2)9-4-5-11-12(6-9)27-8-26-11/h4-7H,3,8H2,1-2H3,(H,21,24). The van der Waals surface area contributed by atoms with Crippen LogP contribution in [-0.4, -0.2) is 33.6 Å². The number of nitrogens with one attached hydrogen (secondary N) is 1. The van der Waals surface area contributed by atoms with Crippen molar-refractivity contribution in [2.45, 2.75) is 10.7 Å². The summed E-state index contributed by atoms with van der Waals surface area (Å²) in [7, 11) is 1.65. The number of anilines is 1. The molecule has 1 amide bonds. The van der Waals surface area contributed by atoms with Gasteiger partial charge in [-0.3, -0.25) is 4.79 Å². The lowest BCUT2D eigenvalue weighted by Gasteiger charge is -2.14. The number of amides is 1. The first-order chi connectivity index (χ1) is 12.7. The van der Waals surface area contributed by atoms with Gasteiger partial charge in [-0.25, -0.2) is 4.79 Å². The van der Waals surface area contributed by atoms with Gasteiger partial charge in [0.25, 0.3) is 9.70 Å². The van der Waals surface area contributed by atoms with Crippen LogP contribution in [0.1, 0.15) is 17.4 Å². The number of fused-ring (bicyclic) bond motifs is 1. The Bertz CT molecular complexity index is 905. The van der Waals surface area contributed by atoms with E-state index in [9.17, 15) is 9.59 Å². The van der Waals surface area contributed by atoms with Crippen molar-refractivity contribution in [1.82, 2.24) is 4.57 Å². The minimum atomic E-state index is -2.20. The topological polar surface area (TPSA) is 78.8 Å². The van der Waals surface area contributed by atoms with Crippen LogP contribution in [0, 0.1) is 0 Å². The predicted octanol–water partition coefficient (Wildman–Crippen LogP) is 3.91. The van der Waals surface area contributed by atoms with Crippen LogP contribution in [0.3, 0.4) is 0 Å². The third kappa shape index (κ3) is 3.95. The van der Waals surface area contributed by atoms with Gasteiger partial charge in [0.2, 0.25) is 6.79 Å². The molecule has 0 radical (unpaired) electrons. The van der Waals surface area contributed by atoms with Crippen LogP contribution in [0.5, 0.6) is 11.5 Å². The molecule has 0 bridgehead atoms. The summed E-state index contributed by atoms with van der Waals surface area (Å²) >= 11 is 17.0. The molecule has 10 heteroatoms. The average Bonchev–Trinajstić information content (AvgIpc) is 3.17. The number of carbonyl (C=O) groups is 2. The van der Waals surface area contributed by atoms with Gasteiger partial charge in [-0.2, -0.15) is 0 Å². The number of nitrogens with zero attached hydrogens (tertiary/aromatic N) is 1. The molecule has 0 saturated heterocycles. The van der Waals surface area contributed by atoms with Crippen LogP contribution >= 0.6 is 34.8 Å². The lowest BCUT2D eigenvalue weighted by Crippen LogP contribution is -2.28. The number of halogens is 3. The molecule has 2 heterocycles. The minimum Gasteiger partial charge on any atom is -0.461 e. The molecule has 2 aromatic rings. The number of aromatic nitrogens is 1. The molecule has 1 aromatic carbocycles. The van der Waals surface area contributed by atoms with Gasteiger partial charge >= 0.3 is 5.97 Å². The Labute approximate surface area is 170 Å². The summed E-state index contributed by atoms with van der Waals surface area (Å²) in [6.07, 6.45) is 1.66. The summed E-state index contributed by atoms with van der Waals surface area (Å²) in [5.41, 5.74) is 1.49. The first-order valence-corrected chi connectivity index (χ1v) is 9.00. The maximum absolute atomic E-state index is 12.4. The molecule has 0 aliphatic carbocycles. The number of hydrogen-bond acceptors (Lipinski definition) is 5. The zero-order chi connectivity index (χ0) is 19.8. The summed E-state index contributed by atoms with van der Waals surface area (Å²) < 4.78 is 15.1. The molecule has 7 nitrogen and oxygen atoms in total. The van der Waals surface area contributed by atoms with Crippen molar-refractivity contribution in [1.29, 1.82) is 0 Å². The Morgan fingerprint density at radius 2 is 1.96 bits per heavy atom. The molecule has 144 valence electrons.